The van der Waals surface area contributed by atoms with Gasteiger partial charge in [-0.3, -0.25) is 4.90 Å². The maximum atomic E-state index is 6.32. The SMILES string of the molecule is CCCC1CCCN(C(c2ccc(C)s2)C(C)N)CC1. The molecule has 1 aliphatic heterocycles. The molecule has 0 aromatic carbocycles. The molecule has 0 spiro atoms. The van der Waals surface area contributed by atoms with E-state index >= 15 is 0 Å². The minimum Gasteiger partial charge on any atom is -0.326 e. The summed E-state index contributed by atoms with van der Waals surface area (Å²) in [6.07, 6.45) is 6.81. The van der Waals surface area contributed by atoms with Crippen LogP contribution in [-0.4, -0.2) is 24.0 Å². The van der Waals surface area contributed by atoms with Crippen molar-refractivity contribution in [1.82, 2.24) is 4.90 Å². The first kappa shape index (κ1) is 16.0. The number of rotatable bonds is 5. The largest absolute Gasteiger partial charge is 0.326 e. The fraction of sp³-hybridized carbons (Fsp3) is 0.765. The highest BCUT2D eigenvalue weighted by molar-refractivity contribution is 7.12. The molecule has 20 heavy (non-hydrogen) atoms. The standard InChI is InChI=1S/C17H30N2S/c1-4-6-15-7-5-11-19(12-10-15)17(14(3)18)16-9-8-13(2)20-16/h8-9,14-15,17H,4-7,10-12,18H2,1-3H3. The molecule has 114 valence electrons. The predicted molar refractivity (Wildman–Crippen MR) is 89.3 cm³/mol. The number of likely N-dealkylation sites (tertiary alicyclic amines) is 1. The molecule has 0 saturated carbocycles. The van der Waals surface area contributed by atoms with Gasteiger partial charge in [0.2, 0.25) is 0 Å². The lowest BCUT2D eigenvalue weighted by atomic mass is 9.96. The molecule has 2 heterocycles. The maximum absolute atomic E-state index is 6.32. The summed E-state index contributed by atoms with van der Waals surface area (Å²) in [7, 11) is 0. The highest BCUT2D eigenvalue weighted by atomic mass is 32.1. The Labute approximate surface area is 128 Å². The molecule has 1 saturated heterocycles. The van der Waals surface area contributed by atoms with E-state index in [2.05, 4.69) is 37.8 Å². The second-order valence-electron chi connectivity index (χ2n) is 6.37. The molecule has 3 unspecified atom stereocenters. The lowest BCUT2D eigenvalue weighted by Gasteiger charge is -2.32. The second-order valence-corrected chi connectivity index (χ2v) is 7.69. The van der Waals surface area contributed by atoms with Crippen LogP contribution >= 0.6 is 11.3 Å². The van der Waals surface area contributed by atoms with Crippen LogP contribution in [0.15, 0.2) is 12.1 Å². The van der Waals surface area contributed by atoms with Crippen molar-refractivity contribution in [2.45, 2.75) is 65.0 Å². The number of thiophene rings is 1. The average molecular weight is 295 g/mol. The highest BCUT2D eigenvalue weighted by Crippen LogP contribution is 2.33. The molecule has 0 aliphatic carbocycles. The van der Waals surface area contributed by atoms with Gasteiger partial charge in [0.05, 0.1) is 6.04 Å². The van der Waals surface area contributed by atoms with Crippen molar-refractivity contribution in [1.29, 1.82) is 0 Å². The van der Waals surface area contributed by atoms with Gasteiger partial charge in [-0.1, -0.05) is 19.8 Å². The molecule has 2 N–H and O–H groups in total. The Hall–Kier alpha value is -0.380. The summed E-state index contributed by atoms with van der Waals surface area (Å²) >= 11 is 1.91. The van der Waals surface area contributed by atoms with Crippen molar-refractivity contribution in [2.75, 3.05) is 13.1 Å². The Morgan fingerprint density at radius 2 is 2.15 bits per heavy atom. The molecule has 3 heteroatoms. The lowest BCUT2D eigenvalue weighted by molar-refractivity contribution is 0.183. The molecule has 1 aromatic rings. The Kier molecular flexibility index (Phi) is 6.06. The van der Waals surface area contributed by atoms with Gasteiger partial charge < -0.3 is 5.73 Å². The number of nitrogens with two attached hydrogens (primary N) is 1. The lowest BCUT2D eigenvalue weighted by Crippen LogP contribution is -2.39. The first-order valence-electron chi connectivity index (χ1n) is 8.17. The third-order valence-corrected chi connectivity index (χ3v) is 5.59. The second kappa shape index (κ2) is 7.58. The van der Waals surface area contributed by atoms with Crippen LogP contribution in [0, 0.1) is 12.8 Å². The molecular formula is C17H30N2S. The fourth-order valence-corrected chi connectivity index (χ4v) is 4.68. The van der Waals surface area contributed by atoms with E-state index in [0.29, 0.717) is 6.04 Å². The van der Waals surface area contributed by atoms with Crippen LogP contribution in [0.4, 0.5) is 0 Å². The molecular weight excluding hydrogens is 264 g/mol. The van der Waals surface area contributed by atoms with Crippen LogP contribution in [0.5, 0.6) is 0 Å². The molecule has 0 bridgehead atoms. The van der Waals surface area contributed by atoms with E-state index in [9.17, 15) is 0 Å². The van der Waals surface area contributed by atoms with Gasteiger partial charge in [0, 0.05) is 15.8 Å². The van der Waals surface area contributed by atoms with E-state index in [4.69, 9.17) is 5.73 Å². The van der Waals surface area contributed by atoms with Crippen molar-refractivity contribution < 1.29 is 0 Å². The van der Waals surface area contributed by atoms with E-state index in [0.717, 1.165) is 5.92 Å². The van der Waals surface area contributed by atoms with Crippen molar-refractivity contribution in [3.63, 3.8) is 0 Å². The molecule has 3 atom stereocenters. The van der Waals surface area contributed by atoms with Gasteiger partial charge in [-0.05, 0) is 64.3 Å². The van der Waals surface area contributed by atoms with Crippen LogP contribution in [-0.2, 0) is 0 Å². The Morgan fingerprint density at radius 3 is 2.75 bits per heavy atom. The third kappa shape index (κ3) is 4.06. The van der Waals surface area contributed by atoms with E-state index in [1.54, 1.807) is 0 Å². The van der Waals surface area contributed by atoms with Crippen LogP contribution in [0.25, 0.3) is 0 Å². The first-order chi connectivity index (χ1) is 9.61. The summed E-state index contributed by atoms with van der Waals surface area (Å²) in [5.74, 6) is 0.934. The summed E-state index contributed by atoms with van der Waals surface area (Å²) in [5.41, 5.74) is 6.32. The topological polar surface area (TPSA) is 29.3 Å². The summed E-state index contributed by atoms with van der Waals surface area (Å²) in [5, 5.41) is 0. The van der Waals surface area contributed by atoms with Gasteiger partial charge in [0.15, 0.2) is 0 Å². The number of nitrogens with zero attached hydrogens (tertiary/aromatic N) is 1. The molecule has 2 rings (SSSR count). The Bertz CT molecular complexity index is 399. The molecule has 1 fully saturated rings. The minimum absolute atomic E-state index is 0.204. The van der Waals surface area contributed by atoms with Gasteiger partial charge >= 0.3 is 0 Å². The molecule has 0 amide bonds. The zero-order chi connectivity index (χ0) is 14.5. The van der Waals surface area contributed by atoms with Gasteiger partial charge in [0.25, 0.3) is 0 Å². The van der Waals surface area contributed by atoms with Crippen molar-refractivity contribution in [2.24, 2.45) is 11.7 Å². The first-order valence-corrected chi connectivity index (χ1v) is 8.99. The quantitative estimate of drug-likeness (QED) is 0.875. The monoisotopic (exact) mass is 294 g/mol. The van der Waals surface area contributed by atoms with Gasteiger partial charge in [-0.15, -0.1) is 11.3 Å². The van der Waals surface area contributed by atoms with E-state index in [-0.39, 0.29) is 6.04 Å². The van der Waals surface area contributed by atoms with Crippen LogP contribution < -0.4 is 5.73 Å². The number of hydrogen-bond donors (Lipinski definition) is 1. The van der Waals surface area contributed by atoms with Crippen molar-refractivity contribution in [3.05, 3.63) is 21.9 Å². The summed E-state index contributed by atoms with van der Waals surface area (Å²) < 4.78 is 0. The molecule has 1 aromatic heterocycles. The van der Waals surface area contributed by atoms with Crippen molar-refractivity contribution in [3.8, 4) is 0 Å². The summed E-state index contributed by atoms with van der Waals surface area (Å²) in [4.78, 5) is 5.49. The molecule has 1 aliphatic rings. The number of aryl methyl sites for hydroxylation is 1. The van der Waals surface area contributed by atoms with Crippen LogP contribution in [0.1, 0.15) is 61.7 Å². The Morgan fingerprint density at radius 1 is 1.35 bits per heavy atom. The van der Waals surface area contributed by atoms with Gasteiger partial charge in [-0.25, -0.2) is 0 Å². The van der Waals surface area contributed by atoms with Gasteiger partial charge in [0.1, 0.15) is 0 Å². The summed E-state index contributed by atoms with van der Waals surface area (Å²) in [6.45, 7) is 9.08. The van der Waals surface area contributed by atoms with E-state index < -0.39 is 0 Å². The van der Waals surface area contributed by atoms with E-state index in [1.807, 2.05) is 11.3 Å². The normalized spacial score (nSPS) is 24.3. The third-order valence-electron chi connectivity index (χ3n) is 4.52. The smallest absolute Gasteiger partial charge is 0.0590 e. The maximum Gasteiger partial charge on any atom is 0.0590 e. The molecule has 0 radical (unpaired) electrons. The van der Waals surface area contributed by atoms with Crippen LogP contribution in [0.3, 0.4) is 0 Å². The Balaban J connectivity index is 2.06. The highest BCUT2D eigenvalue weighted by Gasteiger charge is 2.27. The zero-order valence-electron chi connectivity index (χ0n) is 13.3. The molecule has 2 nitrogen and oxygen atoms in total. The minimum atomic E-state index is 0.204. The van der Waals surface area contributed by atoms with Crippen LogP contribution in [0.2, 0.25) is 0 Å². The number of hydrogen-bond acceptors (Lipinski definition) is 3. The average Bonchev–Trinajstić information content (AvgIpc) is 2.68. The van der Waals surface area contributed by atoms with Crippen molar-refractivity contribution >= 4 is 11.3 Å². The predicted octanol–water partition coefficient (Wildman–Crippen LogP) is 4.35. The van der Waals surface area contributed by atoms with E-state index in [1.165, 1.54) is 54.9 Å². The fourth-order valence-electron chi connectivity index (χ4n) is 3.55. The van der Waals surface area contributed by atoms with Gasteiger partial charge in [-0.2, -0.15) is 0 Å². The zero-order valence-corrected chi connectivity index (χ0v) is 14.1. The summed E-state index contributed by atoms with van der Waals surface area (Å²) in [6, 6.07) is 5.13.